The lowest BCUT2D eigenvalue weighted by Crippen LogP contribution is -2.11. The minimum absolute atomic E-state index is 0.597. The van der Waals surface area contributed by atoms with Crippen molar-refractivity contribution < 1.29 is 0 Å². The number of hydrogen-bond donors (Lipinski definition) is 0. The Balaban J connectivity index is 2.47. The van der Waals surface area contributed by atoms with E-state index in [1.54, 1.807) is 0 Å². The van der Waals surface area contributed by atoms with Gasteiger partial charge in [-0.05, 0) is 12.3 Å². The average Bonchev–Trinajstić information content (AvgIpc) is 2.34. The predicted molar refractivity (Wildman–Crippen MR) is 48.8 cm³/mol. The van der Waals surface area contributed by atoms with E-state index in [0.29, 0.717) is 6.04 Å². The highest BCUT2D eigenvalue weighted by molar-refractivity contribution is 8.14. The predicted octanol–water partition coefficient (Wildman–Crippen LogP) is 2.57. The van der Waals surface area contributed by atoms with Crippen LogP contribution in [0.15, 0.2) is 4.99 Å². The molecule has 0 aromatic rings. The van der Waals surface area contributed by atoms with E-state index in [1.807, 2.05) is 11.8 Å². The molecule has 58 valence electrons. The van der Waals surface area contributed by atoms with Gasteiger partial charge in [0.25, 0.3) is 0 Å². The van der Waals surface area contributed by atoms with Crippen LogP contribution in [0.1, 0.15) is 27.2 Å². The molecule has 1 aliphatic rings. The zero-order valence-electron chi connectivity index (χ0n) is 6.92. The lowest BCUT2D eigenvalue weighted by atomic mass is 10.1. The van der Waals surface area contributed by atoms with Gasteiger partial charge in [0.2, 0.25) is 0 Å². The summed E-state index contributed by atoms with van der Waals surface area (Å²) in [6, 6.07) is 0.597. The summed E-state index contributed by atoms with van der Waals surface area (Å²) in [4.78, 5) is 4.59. The van der Waals surface area contributed by atoms with Crippen LogP contribution in [0.2, 0.25) is 0 Å². The molecule has 1 rings (SSSR count). The Morgan fingerprint density at radius 1 is 1.70 bits per heavy atom. The maximum Gasteiger partial charge on any atom is 0.0677 e. The highest BCUT2D eigenvalue weighted by Gasteiger charge is 2.19. The topological polar surface area (TPSA) is 12.4 Å². The smallest absolute Gasteiger partial charge is 0.0677 e. The summed E-state index contributed by atoms with van der Waals surface area (Å²) in [7, 11) is 0. The fraction of sp³-hybridized carbons (Fsp3) is 0.875. The van der Waals surface area contributed by atoms with Crippen molar-refractivity contribution >= 4 is 16.8 Å². The summed E-state index contributed by atoms with van der Waals surface area (Å²) in [5.41, 5.74) is 0. The zero-order valence-corrected chi connectivity index (χ0v) is 7.74. The standard InChI is InChI=1S/C8H15NS/c1-4-8-9-7(5-10-8)6(2)3/h6-7H,4-5H2,1-3H3. The molecule has 0 saturated carbocycles. The summed E-state index contributed by atoms with van der Waals surface area (Å²) >= 11 is 1.93. The van der Waals surface area contributed by atoms with Crippen molar-refractivity contribution in [3.05, 3.63) is 0 Å². The van der Waals surface area contributed by atoms with Crippen LogP contribution in [0.5, 0.6) is 0 Å². The van der Waals surface area contributed by atoms with Crippen molar-refractivity contribution in [1.82, 2.24) is 0 Å². The molecule has 0 bridgehead atoms. The van der Waals surface area contributed by atoms with Gasteiger partial charge in [0.1, 0.15) is 0 Å². The van der Waals surface area contributed by atoms with Gasteiger partial charge in [-0.3, -0.25) is 4.99 Å². The van der Waals surface area contributed by atoms with E-state index in [-0.39, 0.29) is 0 Å². The molecule has 0 radical (unpaired) electrons. The fourth-order valence-corrected chi connectivity index (χ4v) is 2.21. The summed E-state index contributed by atoms with van der Waals surface area (Å²) in [5.74, 6) is 1.93. The Morgan fingerprint density at radius 3 is 2.70 bits per heavy atom. The highest BCUT2D eigenvalue weighted by Crippen LogP contribution is 2.24. The van der Waals surface area contributed by atoms with Crippen molar-refractivity contribution in [2.75, 3.05) is 5.75 Å². The largest absolute Gasteiger partial charge is 0.278 e. The first-order valence-electron chi connectivity index (χ1n) is 3.93. The van der Waals surface area contributed by atoms with Crippen LogP contribution >= 0.6 is 11.8 Å². The van der Waals surface area contributed by atoms with Gasteiger partial charge in [0.15, 0.2) is 0 Å². The molecule has 0 aromatic heterocycles. The van der Waals surface area contributed by atoms with Gasteiger partial charge in [-0.15, -0.1) is 11.8 Å². The third kappa shape index (κ3) is 1.75. The number of hydrogen-bond acceptors (Lipinski definition) is 2. The molecule has 0 aliphatic carbocycles. The van der Waals surface area contributed by atoms with Crippen molar-refractivity contribution in [3.8, 4) is 0 Å². The van der Waals surface area contributed by atoms with Gasteiger partial charge >= 0.3 is 0 Å². The maximum absolute atomic E-state index is 4.59. The Hall–Kier alpha value is 0.0200. The molecule has 10 heavy (non-hydrogen) atoms. The molecule has 0 fully saturated rings. The summed E-state index contributed by atoms with van der Waals surface area (Å²) in [6.07, 6.45) is 1.12. The molecule has 1 atom stereocenters. The zero-order chi connectivity index (χ0) is 7.56. The molecule has 1 heterocycles. The van der Waals surface area contributed by atoms with Crippen LogP contribution in [0, 0.1) is 5.92 Å². The van der Waals surface area contributed by atoms with E-state index in [4.69, 9.17) is 0 Å². The molecule has 1 aliphatic heterocycles. The van der Waals surface area contributed by atoms with Crippen LogP contribution < -0.4 is 0 Å². The first-order chi connectivity index (χ1) is 4.74. The second-order valence-corrected chi connectivity index (χ2v) is 4.09. The Bertz CT molecular complexity index is 140. The van der Waals surface area contributed by atoms with Gasteiger partial charge in [0.05, 0.1) is 11.1 Å². The third-order valence-electron chi connectivity index (χ3n) is 1.80. The summed E-state index contributed by atoms with van der Waals surface area (Å²) < 4.78 is 0. The summed E-state index contributed by atoms with van der Waals surface area (Å²) in [6.45, 7) is 6.66. The molecule has 0 amide bonds. The van der Waals surface area contributed by atoms with E-state index >= 15 is 0 Å². The van der Waals surface area contributed by atoms with Crippen LogP contribution in [-0.2, 0) is 0 Å². The van der Waals surface area contributed by atoms with Gasteiger partial charge in [-0.25, -0.2) is 0 Å². The molecule has 0 saturated heterocycles. The third-order valence-corrected chi connectivity index (χ3v) is 3.04. The molecular formula is C8H15NS. The van der Waals surface area contributed by atoms with Crippen LogP contribution in [-0.4, -0.2) is 16.8 Å². The quantitative estimate of drug-likeness (QED) is 0.600. The lowest BCUT2D eigenvalue weighted by Gasteiger charge is -2.07. The Morgan fingerprint density at radius 2 is 2.40 bits per heavy atom. The number of nitrogens with zero attached hydrogens (tertiary/aromatic N) is 1. The molecule has 0 N–H and O–H groups in total. The monoisotopic (exact) mass is 157 g/mol. The molecule has 2 heteroatoms. The fourth-order valence-electron chi connectivity index (χ4n) is 0.976. The van der Waals surface area contributed by atoms with Crippen molar-refractivity contribution in [2.24, 2.45) is 10.9 Å². The SMILES string of the molecule is CCC1=NC(C(C)C)CS1. The Labute approximate surface area is 67.3 Å². The second kappa shape index (κ2) is 3.42. The Kier molecular flexibility index (Phi) is 2.78. The van der Waals surface area contributed by atoms with Gasteiger partial charge in [0, 0.05) is 5.75 Å². The first-order valence-corrected chi connectivity index (χ1v) is 4.92. The van der Waals surface area contributed by atoms with Crippen molar-refractivity contribution in [2.45, 2.75) is 33.2 Å². The lowest BCUT2D eigenvalue weighted by molar-refractivity contribution is 0.543. The van der Waals surface area contributed by atoms with E-state index in [2.05, 4.69) is 25.8 Å². The minimum Gasteiger partial charge on any atom is -0.278 e. The molecular weight excluding hydrogens is 142 g/mol. The number of thioether (sulfide) groups is 1. The van der Waals surface area contributed by atoms with Gasteiger partial charge < -0.3 is 0 Å². The number of aliphatic imine (C=N–C) groups is 1. The first kappa shape index (κ1) is 8.12. The van der Waals surface area contributed by atoms with Crippen LogP contribution in [0.3, 0.4) is 0 Å². The van der Waals surface area contributed by atoms with E-state index in [0.717, 1.165) is 12.3 Å². The second-order valence-electron chi connectivity index (χ2n) is 3.00. The summed E-state index contributed by atoms with van der Waals surface area (Å²) in [5, 5.41) is 1.35. The van der Waals surface area contributed by atoms with Crippen LogP contribution in [0.4, 0.5) is 0 Å². The molecule has 0 spiro atoms. The highest BCUT2D eigenvalue weighted by atomic mass is 32.2. The van der Waals surface area contributed by atoms with Gasteiger partial charge in [-0.1, -0.05) is 20.8 Å². The van der Waals surface area contributed by atoms with E-state index < -0.39 is 0 Å². The number of rotatable bonds is 2. The van der Waals surface area contributed by atoms with Crippen LogP contribution in [0.25, 0.3) is 0 Å². The van der Waals surface area contributed by atoms with Crippen molar-refractivity contribution in [3.63, 3.8) is 0 Å². The van der Waals surface area contributed by atoms with E-state index in [1.165, 1.54) is 10.8 Å². The maximum atomic E-state index is 4.59. The molecule has 1 nitrogen and oxygen atoms in total. The van der Waals surface area contributed by atoms with Gasteiger partial charge in [-0.2, -0.15) is 0 Å². The molecule has 1 unspecified atom stereocenters. The molecule has 0 aromatic carbocycles. The van der Waals surface area contributed by atoms with E-state index in [9.17, 15) is 0 Å². The average molecular weight is 157 g/mol. The van der Waals surface area contributed by atoms with Crippen molar-refractivity contribution in [1.29, 1.82) is 0 Å². The normalized spacial score (nSPS) is 25.6. The minimum atomic E-state index is 0.597.